The smallest absolute Gasteiger partial charge is 0.0468 e. The first-order valence-electron chi connectivity index (χ1n) is 6.98. The summed E-state index contributed by atoms with van der Waals surface area (Å²) in [6.45, 7) is 4.57. The Morgan fingerprint density at radius 1 is 1.25 bits per heavy atom. The van der Waals surface area contributed by atoms with Crippen molar-refractivity contribution in [1.29, 1.82) is 0 Å². The fourth-order valence-electron chi connectivity index (χ4n) is 2.98. The first-order chi connectivity index (χ1) is 7.76. The lowest BCUT2D eigenvalue weighted by Crippen LogP contribution is -2.40. The fraction of sp³-hybridized carbons (Fsp3) is 1.00. The SMILES string of the molecule is COCCC1(CNC2CCCCC2C)CC1. The van der Waals surface area contributed by atoms with Crippen molar-refractivity contribution in [1.82, 2.24) is 5.32 Å². The molecule has 2 atom stereocenters. The van der Waals surface area contributed by atoms with Gasteiger partial charge >= 0.3 is 0 Å². The van der Waals surface area contributed by atoms with Crippen molar-refractivity contribution in [2.75, 3.05) is 20.3 Å². The summed E-state index contributed by atoms with van der Waals surface area (Å²) < 4.78 is 5.20. The highest BCUT2D eigenvalue weighted by atomic mass is 16.5. The number of rotatable bonds is 6. The van der Waals surface area contributed by atoms with Gasteiger partial charge in [0.05, 0.1) is 0 Å². The van der Waals surface area contributed by atoms with E-state index in [2.05, 4.69) is 12.2 Å². The van der Waals surface area contributed by atoms with Crippen molar-refractivity contribution in [2.24, 2.45) is 11.3 Å². The van der Waals surface area contributed by atoms with Crippen LogP contribution < -0.4 is 5.32 Å². The molecule has 1 N–H and O–H groups in total. The van der Waals surface area contributed by atoms with Crippen LogP contribution in [0, 0.1) is 11.3 Å². The largest absolute Gasteiger partial charge is 0.385 e. The Morgan fingerprint density at radius 2 is 2.00 bits per heavy atom. The van der Waals surface area contributed by atoms with Crippen LogP contribution in [-0.2, 0) is 4.74 Å². The average Bonchev–Trinajstić information content (AvgIpc) is 3.06. The van der Waals surface area contributed by atoms with E-state index in [-0.39, 0.29) is 0 Å². The summed E-state index contributed by atoms with van der Waals surface area (Å²) in [6.07, 6.45) is 9.73. The predicted molar refractivity (Wildman–Crippen MR) is 67.6 cm³/mol. The second kappa shape index (κ2) is 5.50. The number of ether oxygens (including phenoxy) is 1. The van der Waals surface area contributed by atoms with Gasteiger partial charge in [-0.3, -0.25) is 0 Å². The standard InChI is InChI=1S/C14H27NO/c1-12-5-3-4-6-13(12)15-11-14(7-8-14)9-10-16-2/h12-13,15H,3-11H2,1-2H3. The lowest BCUT2D eigenvalue weighted by Gasteiger charge is -2.31. The lowest BCUT2D eigenvalue weighted by molar-refractivity contribution is 0.166. The molecule has 94 valence electrons. The molecule has 2 rings (SSSR count). The number of methoxy groups -OCH3 is 1. The number of hydrogen-bond donors (Lipinski definition) is 1. The van der Waals surface area contributed by atoms with Crippen LogP contribution in [-0.4, -0.2) is 26.3 Å². The van der Waals surface area contributed by atoms with Crippen molar-refractivity contribution < 1.29 is 4.74 Å². The van der Waals surface area contributed by atoms with Crippen molar-refractivity contribution in [3.63, 3.8) is 0 Å². The van der Waals surface area contributed by atoms with Crippen LogP contribution >= 0.6 is 0 Å². The lowest BCUT2D eigenvalue weighted by atomic mass is 9.85. The molecular weight excluding hydrogens is 198 g/mol. The number of nitrogens with one attached hydrogen (secondary N) is 1. The molecular formula is C14H27NO. The summed E-state index contributed by atoms with van der Waals surface area (Å²) in [7, 11) is 1.81. The molecule has 2 heteroatoms. The van der Waals surface area contributed by atoms with Crippen molar-refractivity contribution >= 4 is 0 Å². The molecule has 2 aliphatic carbocycles. The van der Waals surface area contributed by atoms with Crippen LogP contribution in [0.3, 0.4) is 0 Å². The van der Waals surface area contributed by atoms with Crippen LogP contribution in [0.5, 0.6) is 0 Å². The fourth-order valence-corrected chi connectivity index (χ4v) is 2.98. The minimum Gasteiger partial charge on any atom is -0.385 e. The van der Waals surface area contributed by atoms with Gasteiger partial charge in [0.25, 0.3) is 0 Å². The zero-order chi connectivity index (χ0) is 11.4. The molecule has 0 spiro atoms. The Balaban J connectivity index is 1.69. The second-order valence-electron chi connectivity index (χ2n) is 5.99. The molecule has 0 radical (unpaired) electrons. The summed E-state index contributed by atoms with van der Waals surface area (Å²) >= 11 is 0. The molecule has 2 nitrogen and oxygen atoms in total. The Hall–Kier alpha value is -0.0800. The first kappa shape index (κ1) is 12.4. The molecule has 2 saturated carbocycles. The van der Waals surface area contributed by atoms with Gasteiger partial charge in [0.2, 0.25) is 0 Å². The maximum absolute atomic E-state index is 5.20. The van der Waals surface area contributed by atoms with Crippen LogP contribution in [0.4, 0.5) is 0 Å². The highest BCUT2D eigenvalue weighted by Gasteiger charge is 2.42. The second-order valence-corrected chi connectivity index (χ2v) is 5.99. The van der Waals surface area contributed by atoms with Gasteiger partial charge in [-0.05, 0) is 43.4 Å². The first-order valence-corrected chi connectivity index (χ1v) is 6.98. The van der Waals surface area contributed by atoms with E-state index in [4.69, 9.17) is 4.74 Å². The zero-order valence-corrected chi connectivity index (χ0v) is 10.9. The number of hydrogen-bond acceptors (Lipinski definition) is 2. The van der Waals surface area contributed by atoms with E-state index in [1.807, 2.05) is 7.11 Å². The maximum Gasteiger partial charge on any atom is 0.0468 e. The molecule has 0 bridgehead atoms. The summed E-state index contributed by atoms with van der Waals surface area (Å²) in [5.41, 5.74) is 0.604. The molecule has 0 aromatic carbocycles. The van der Waals surface area contributed by atoms with E-state index in [9.17, 15) is 0 Å². The molecule has 0 aliphatic heterocycles. The Kier molecular flexibility index (Phi) is 4.26. The van der Waals surface area contributed by atoms with E-state index < -0.39 is 0 Å². The monoisotopic (exact) mass is 225 g/mol. The molecule has 0 aromatic rings. The molecule has 0 saturated heterocycles. The third-order valence-corrected chi connectivity index (χ3v) is 4.64. The predicted octanol–water partition coefficient (Wildman–Crippen LogP) is 2.97. The molecule has 2 unspecified atom stereocenters. The Bertz CT molecular complexity index is 213. The maximum atomic E-state index is 5.20. The van der Waals surface area contributed by atoms with Crippen LogP contribution in [0.1, 0.15) is 51.9 Å². The normalized spacial score (nSPS) is 32.6. The van der Waals surface area contributed by atoms with Gasteiger partial charge in [0.15, 0.2) is 0 Å². The average molecular weight is 225 g/mol. The van der Waals surface area contributed by atoms with Gasteiger partial charge in [-0.2, -0.15) is 0 Å². The topological polar surface area (TPSA) is 21.3 Å². The molecule has 2 aliphatic rings. The van der Waals surface area contributed by atoms with Crippen molar-refractivity contribution in [2.45, 2.75) is 57.9 Å². The minimum absolute atomic E-state index is 0.604. The van der Waals surface area contributed by atoms with E-state index in [0.29, 0.717) is 5.41 Å². The van der Waals surface area contributed by atoms with E-state index in [1.54, 1.807) is 0 Å². The van der Waals surface area contributed by atoms with Crippen molar-refractivity contribution in [3.05, 3.63) is 0 Å². The van der Waals surface area contributed by atoms with Crippen LogP contribution in [0.25, 0.3) is 0 Å². The highest BCUT2D eigenvalue weighted by molar-refractivity contribution is 4.96. The van der Waals surface area contributed by atoms with E-state index >= 15 is 0 Å². The molecule has 0 amide bonds. The quantitative estimate of drug-likeness (QED) is 0.750. The summed E-state index contributed by atoms with van der Waals surface area (Å²) in [4.78, 5) is 0. The summed E-state index contributed by atoms with van der Waals surface area (Å²) in [6, 6.07) is 0.786. The van der Waals surface area contributed by atoms with Crippen LogP contribution in [0.15, 0.2) is 0 Å². The van der Waals surface area contributed by atoms with Gasteiger partial charge in [-0.15, -0.1) is 0 Å². The Morgan fingerprint density at radius 3 is 2.62 bits per heavy atom. The zero-order valence-electron chi connectivity index (χ0n) is 10.9. The highest BCUT2D eigenvalue weighted by Crippen LogP contribution is 2.48. The van der Waals surface area contributed by atoms with E-state index in [0.717, 1.165) is 18.6 Å². The van der Waals surface area contributed by atoms with Gasteiger partial charge in [0, 0.05) is 26.3 Å². The molecule has 2 fully saturated rings. The minimum atomic E-state index is 0.604. The van der Waals surface area contributed by atoms with Crippen molar-refractivity contribution in [3.8, 4) is 0 Å². The van der Waals surface area contributed by atoms with Gasteiger partial charge in [0.1, 0.15) is 0 Å². The molecule has 16 heavy (non-hydrogen) atoms. The van der Waals surface area contributed by atoms with E-state index in [1.165, 1.54) is 51.5 Å². The molecule has 0 aromatic heterocycles. The van der Waals surface area contributed by atoms with Crippen LogP contribution in [0.2, 0.25) is 0 Å². The summed E-state index contributed by atoms with van der Waals surface area (Å²) in [5.74, 6) is 0.881. The molecule has 0 heterocycles. The van der Waals surface area contributed by atoms with Gasteiger partial charge in [-0.1, -0.05) is 19.8 Å². The third-order valence-electron chi connectivity index (χ3n) is 4.64. The summed E-state index contributed by atoms with van der Waals surface area (Å²) in [5, 5.41) is 3.83. The Labute approximate surface area is 100 Å². The third kappa shape index (κ3) is 3.21. The van der Waals surface area contributed by atoms with Gasteiger partial charge in [-0.25, -0.2) is 0 Å². The van der Waals surface area contributed by atoms with Gasteiger partial charge < -0.3 is 10.1 Å².